The number of likely N-dealkylation sites (tertiary alicyclic amines) is 1. The van der Waals surface area contributed by atoms with Crippen LogP contribution in [0.4, 0.5) is 4.39 Å². The molecule has 1 aliphatic heterocycles. The molecule has 0 unspecified atom stereocenters. The lowest BCUT2D eigenvalue weighted by molar-refractivity contribution is -0.124. The van der Waals surface area contributed by atoms with Gasteiger partial charge in [-0.1, -0.05) is 12.1 Å². The number of aliphatic hydroxyl groups excluding tert-OH is 1. The average Bonchev–Trinajstić information content (AvgIpc) is 3.32. The summed E-state index contributed by atoms with van der Waals surface area (Å²) in [7, 11) is 0. The highest BCUT2D eigenvalue weighted by Gasteiger charge is 2.35. The maximum atomic E-state index is 13.3. The van der Waals surface area contributed by atoms with E-state index in [1.807, 2.05) is 6.07 Å². The maximum absolute atomic E-state index is 13.3. The molecule has 1 amide bonds. The fraction of sp³-hybridized carbons (Fsp3) is 0.588. The number of carbonyl (C=O) groups excluding carboxylic acids is 1. The van der Waals surface area contributed by atoms with E-state index in [1.54, 1.807) is 12.1 Å². The van der Waals surface area contributed by atoms with E-state index in [1.165, 1.54) is 6.07 Å². The second-order valence-corrected chi connectivity index (χ2v) is 6.49. The topological polar surface area (TPSA) is 52.6 Å². The zero-order chi connectivity index (χ0) is 15.5. The molecule has 1 aromatic carbocycles. The third kappa shape index (κ3) is 3.84. The summed E-state index contributed by atoms with van der Waals surface area (Å²) in [6.07, 6.45) is 2.81. The average molecular weight is 306 g/mol. The van der Waals surface area contributed by atoms with Crippen LogP contribution in [0.15, 0.2) is 24.3 Å². The zero-order valence-corrected chi connectivity index (χ0v) is 12.7. The number of piperidine rings is 1. The molecule has 0 bridgehead atoms. The van der Waals surface area contributed by atoms with E-state index < -0.39 is 0 Å². The number of carbonyl (C=O) groups is 1. The highest BCUT2D eigenvalue weighted by Crippen LogP contribution is 2.30. The van der Waals surface area contributed by atoms with Crippen LogP contribution in [0.25, 0.3) is 0 Å². The summed E-state index contributed by atoms with van der Waals surface area (Å²) >= 11 is 0. The molecule has 2 N–H and O–H groups in total. The van der Waals surface area contributed by atoms with Crippen LogP contribution < -0.4 is 5.32 Å². The minimum Gasteiger partial charge on any atom is -0.396 e. The van der Waals surface area contributed by atoms with Crippen molar-refractivity contribution < 1.29 is 14.3 Å². The summed E-state index contributed by atoms with van der Waals surface area (Å²) < 4.78 is 13.3. The van der Waals surface area contributed by atoms with Crippen LogP contribution in [0.5, 0.6) is 0 Å². The largest absolute Gasteiger partial charge is 0.396 e. The van der Waals surface area contributed by atoms with Crippen molar-refractivity contribution in [2.45, 2.75) is 31.8 Å². The molecule has 120 valence electrons. The minimum absolute atomic E-state index is 0.0135. The van der Waals surface area contributed by atoms with Gasteiger partial charge in [0.15, 0.2) is 0 Å². The van der Waals surface area contributed by atoms with Gasteiger partial charge in [-0.15, -0.1) is 0 Å². The minimum atomic E-state index is -0.221. The summed E-state index contributed by atoms with van der Waals surface area (Å²) in [6.45, 7) is 2.34. The van der Waals surface area contributed by atoms with Gasteiger partial charge in [-0.2, -0.15) is 0 Å². The molecule has 5 heteroatoms. The first-order valence-electron chi connectivity index (χ1n) is 8.03. The molecule has 2 aliphatic rings. The van der Waals surface area contributed by atoms with Crippen LogP contribution in [-0.2, 0) is 11.3 Å². The fourth-order valence-electron chi connectivity index (χ4n) is 3.13. The van der Waals surface area contributed by atoms with E-state index in [2.05, 4.69) is 10.2 Å². The van der Waals surface area contributed by atoms with Gasteiger partial charge in [-0.05, 0) is 43.5 Å². The second kappa shape index (κ2) is 6.75. The van der Waals surface area contributed by atoms with E-state index in [9.17, 15) is 14.3 Å². The van der Waals surface area contributed by atoms with Crippen molar-refractivity contribution in [3.63, 3.8) is 0 Å². The number of nitrogens with zero attached hydrogens (tertiary/aromatic N) is 1. The summed E-state index contributed by atoms with van der Waals surface area (Å²) in [5, 5.41) is 12.6. The van der Waals surface area contributed by atoms with Crippen molar-refractivity contribution in [3.05, 3.63) is 35.6 Å². The Balaban J connectivity index is 1.60. The number of benzene rings is 1. The van der Waals surface area contributed by atoms with Crippen molar-refractivity contribution in [2.24, 2.45) is 11.8 Å². The van der Waals surface area contributed by atoms with E-state index >= 15 is 0 Å². The van der Waals surface area contributed by atoms with Crippen LogP contribution in [0.1, 0.15) is 24.8 Å². The van der Waals surface area contributed by atoms with E-state index in [-0.39, 0.29) is 36.2 Å². The van der Waals surface area contributed by atoms with E-state index in [4.69, 9.17) is 0 Å². The number of nitrogens with one attached hydrogen (secondary N) is 1. The standard InChI is InChI=1S/C17H23FN2O2/c18-15-3-1-2-12(8-15)9-20-7-6-14(11-21)16(10-20)19-17(22)13-4-5-13/h1-3,8,13-14,16,21H,4-7,9-11H2,(H,19,22)/t14-,16-/m1/s1. The number of hydrogen-bond donors (Lipinski definition) is 2. The lowest BCUT2D eigenvalue weighted by Gasteiger charge is -2.38. The normalized spacial score (nSPS) is 25.9. The van der Waals surface area contributed by atoms with Crippen LogP contribution in [0.3, 0.4) is 0 Å². The number of rotatable bonds is 5. The Morgan fingerprint density at radius 1 is 1.36 bits per heavy atom. The van der Waals surface area contributed by atoms with Gasteiger partial charge >= 0.3 is 0 Å². The molecule has 3 rings (SSSR count). The van der Waals surface area contributed by atoms with Gasteiger partial charge in [-0.25, -0.2) is 4.39 Å². The van der Waals surface area contributed by atoms with Crippen LogP contribution in [0, 0.1) is 17.7 Å². The summed E-state index contributed by atoms with van der Waals surface area (Å²) in [4.78, 5) is 14.2. The van der Waals surface area contributed by atoms with E-state index in [0.717, 1.165) is 31.4 Å². The molecule has 1 aromatic rings. The number of amides is 1. The predicted molar refractivity (Wildman–Crippen MR) is 81.5 cm³/mol. The van der Waals surface area contributed by atoms with Crippen molar-refractivity contribution in [3.8, 4) is 0 Å². The smallest absolute Gasteiger partial charge is 0.223 e. The Morgan fingerprint density at radius 2 is 2.18 bits per heavy atom. The van der Waals surface area contributed by atoms with Crippen LogP contribution in [0.2, 0.25) is 0 Å². The molecule has 4 nitrogen and oxygen atoms in total. The van der Waals surface area contributed by atoms with Crippen LogP contribution in [-0.4, -0.2) is 41.7 Å². The molecule has 0 spiro atoms. The van der Waals surface area contributed by atoms with Gasteiger partial charge in [0.05, 0.1) is 0 Å². The second-order valence-electron chi connectivity index (χ2n) is 6.49. The molecule has 1 saturated heterocycles. The monoisotopic (exact) mass is 306 g/mol. The molecule has 0 radical (unpaired) electrons. The molecule has 2 fully saturated rings. The molecule has 0 aromatic heterocycles. The first kappa shape index (κ1) is 15.4. The molecule has 2 atom stereocenters. The highest BCUT2D eigenvalue weighted by molar-refractivity contribution is 5.81. The summed E-state index contributed by atoms with van der Waals surface area (Å²) in [5.74, 6) is 0.196. The van der Waals surface area contributed by atoms with Gasteiger partial charge < -0.3 is 10.4 Å². The molecule has 1 saturated carbocycles. The van der Waals surface area contributed by atoms with Crippen molar-refractivity contribution in [1.29, 1.82) is 0 Å². The van der Waals surface area contributed by atoms with Crippen LogP contribution >= 0.6 is 0 Å². The molecular formula is C17H23FN2O2. The van der Waals surface area contributed by atoms with Crippen molar-refractivity contribution in [1.82, 2.24) is 10.2 Å². The third-order valence-electron chi connectivity index (χ3n) is 4.65. The maximum Gasteiger partial charge on any atom is 0.223 e. The first-order valence-corrected chi connectivity index (χ1v) is 8.03. The Morgan fingerprint density at radius 3 is 2.86 bits per heavy atom. The molecule has 1 heterocycles. The molecule has 22 heavy (non-hydrogen) atoms. The number of aliphatic hydroxyl groups is 1. The van der Waals surface area contributed by atoms with Crippen molar-refractivity contribution >= 4 is 5.91 Å². The van der Waals surface area contributed by atoms with Gasteiger partial charge in [0.1, 0.15) is 5.82 Å². The predicted octanol–water partition coefficient (Wildman–Crippen LogP) is 1.53. The fourth-order valence-corrected chi connectivity index (χ4v) is 3.13. The lowest BCUT2D eigenvalue weighted by Crippen LogP contribution is -2.53. The lowest BCUT2D eigenvalue weighted by atomic mass is 9.91. The summed E-state index contributed by atoms with van der Waals surface area (Å²) in [5.41, 5.74) is 0.940. The Labute approximate surface area is 130 Å². The van der Waals surface area contributed by atoms with Gasteiger partial charge in [-0.3, -0.25) is 9.69 Å². The van der Waals surface area contributed by atoms with E-state index in [0.29, 0.717) is 13.1 Å². The molecule has 1 aliphatic carbocycles. The third-order valence-corrected chi connectivity index (χ3v) is 4.65. The van der Waals surface area contributed by atoms with Gasteiger partial charge in [0, 0.05) is 37.6 Å². The SMILES string of the molecule is O=C(N[C@@H]1CN(Cc2cccc(F)c2)CC[C@@H]1CO)C1CC1. The number of halogens is 1. The number of hydrogen-bond acceptors (Lipinski definition) is 3. The van der Waals surface area contributed by atoms with Gasteiger partial charge in [0.2, 0.25) is 5.91 Å². The first-order chi connectivity index (χ1) is 10.7. The van der Waals surface area contributed by atoms with Gasteiger partial charge in [0.25, 0.3) is 0 Å². The zero-order valence-electron chi connectivity index (χ0n) is 12.7. The Kier molecular flexibility index (Phi) is 4.74. The highest BCUT2D eigenvalue weighted by atomic mass is 19.1. The van der Waals surface area contributed by atoms with Crippen molar-refractivity contribution in [2.75, 3.05) is 19.7 Å². The Bertz CT molecular complexity index is 533. The molecular weight excluding hydrogens is 283 g/mol. The summed E-state index contributed by atoms with van der Waals surface area (Å²) in [6, 6.07) is 6.62. The quantitative estimate of drug-likeness (QED) is 0.867. The Hall–Kier alpha value is -1.46.